The molecule has 0 aliphatic rings. The van der Waals surface area contributed by atoms with Gasteiger partial charge in [-0.3, -0.25) is 4.79 Å². The lowest BCUT2D eigenvalue weighted by molar-refractivity contribution is 0.102. The molecule has 0 aliphatic carbocycles. The van der Waals surface area contributed by atoms with E-state index in [0.29, 0.717) is 16.5 Å². The molecular weight excluding hydrogens is 340 g/mol. The molecule has 25 heavy (non-hydrogen) atoms. The quantitative estimate of drug-likeness (QED) is 0.808. The van der Waals surface area contributed by atoms with Crippen LogP contribution in [0.4, 0.5) is 11.5 Å². The van der Waals surface area contributed by atoms with E-state index >= 15 is 0 Å². The van der Waals surface area contributed by atoms with E-state index in [1.807, 2.05) is 18.9 Å². The van der Waals surface area contributed by atoms with Gasteiger partial charge in [0.25, 0.3) is 5.91 Å². The number of aromatic nitrogens is 2. The number of nitrogens with one attached hydrogen (secondary N) is 1. The third-order valence-electron chi connectivity index (χ3n) is 3.84. The standard InChI is InChI=1S/C18H23ClN4O2/c1-5-6-7-23(3)17-11-20-15(10-21-17)18(24)22-14-8-12(2)13(19)9-16(14)25-4/h8-11H,5-7H2,1-4H3,(H,22,24). The second-order valence-corrected chi connectivity index (χ2v) is 6.20. The van der Waals surface area contributed by atoms with E-state index in [9.17, 15) is 4.79 Å². The van der Waals surface area contributed by atoms with Crippen molar-refractivity contribution >= 4 is 29.0 Å². The van der Waals surface area contributed by atoms with Crippen LogP contribution in [-0.4, -0.2) is 36.6 Å². The lowest BCUT2D eigenvalue weighted by Gasteiger charge is -2.17. The van der Waals surface area contributed by atoms with Gasteiger partial charge in [-0.05, 0) is 25.0 Å². The SMILES string of the molecule is CCCCN(C)c1cnc(C(=O)Nc2cc(C)c(Cl)cc2OC)cn1. The van der Waals surface area contributed by atoms with Crippen molar-refractivity contribution < 1.29 is 9.53 Å². The Kier molecular flexibility index (Phi) is 6.58. The zero-order valence-electron chi connectivity index (χ0n) is 15.0. The number of nitrogens with zero attached hydrogens (tertiary/aromatic N) is 3. The molecule has 1 amide bonds. The summed E-state index contributed by atoms with van der Waals surface area (Å²) in [6, 6.07) is 3.43. The van der Waals surface area contributed by atoms with Crippen LogP contribution in [0.1, 0.15) is 35.8 Å². The van der Waals surface area contributed by atoms with Gasteiger partial charge < -0.3 is 15.0 Å². The summed E-state index contributed by atoms with van der Waals surface area (Å²) >= 11 is 6.08. The minimum Gasteiger partial charge on any atom is -0.495 e. The number of hydrogen-bond acceptors (Lipinski definition) is 5. The zero-order chi connectivity index (χ0) is 18.4. The van der Waals surface area contributed by atoms with Crippen molar-refractivity contribution in [2.24, 2.45) is 0 Å². The van der Waals surface area contributed by atoms with Gasteiger partial charge >= 0.3 is 0 Å². The number of carbonyl (C=O) groups excluding carboxylic acids is 1. The van der Waals surface area contributed by atoms with E-state index in [-0.39, 0.29) is 11.6 Å². The van der Waals surface area contributed by atoms with Crippen LogP contribution in [0.25, 0.3) is 0 Å². The van der Waals surface area contributed by atoms with Crippen LogP contribution in [-0.2, 0) is 0 Å². The molecule has 0 spiro atoms. The summed E-state index contributed by atoms with van der Waals surface area (Å²) < 4.78 is 5.26. The number of carbonyl (C=O) groups is 1. The fourth-order valence-corrected chi connectivity index (χ4v) is 2.42. The van der Waals surface area contributed by atoms with Crippen LogP contribution in [0.2, 0.25) is 5.02 Å². The average molecular weight is 363 g/mol. The summed E-state index contributed by atoms with van der Waals surface area (Å²) in [5.74, 6) is 0.882. The number of aryl methyl sites for hydroxylation is 1. The predicted molar refractivity (Wildman–Crippen MR) is 101 cm³/mol. The number of amides is 1. The summed E-state index contributed by atoms with van der Waals surface area (Å²) in [4.78, 5) is 23.0. The molecule has 2 rings (SSSR count). The second-order valence-electron chi connectivity index (χ2n) is 5.79. The molecule has 1 aromatic heterocycles. The highest BCUT2D eigenvalue weighted by Crippen LogP contribution is 2.31. The van der Waals surface area contributed by atoms with Crippen LogP contribution in [0, 0.1) is 6.92 Å². The molecule has 0 unspecified atom stereocenters. The number of unbranched alkanes of at least 4 members (excludes halogenated alkanes) is 1. The fourth-order valence-electron chi connectivity index (χ4n) is 2.26. The van der Waals surface area contributed by atoms with E-state index in [1.165, 1.54) is 13.3 Å². The highest BCUT2D eigenvalue weighted by atomic mass is 35.5. The van der Waals surface area contributed by atoms with Crippen LogP contribution in [0.15, 0.2) is 24.5 Å². The van der Waals surface area contributed by atoms with Gasteiger partial charge in [0.2, 0.25) is 0 Å². The molecule has 7 heteroatoms. The van der Waals surface area contributed by atoms with Crippen molar-refractivity contribution in [3.8, 4) is 5.75 Å². The van der Waals surface area contributed by atoms with Crippen LogP contribution in [0.3, 0.4) is 0 Å². The number of hydrogen-bond donors (Lipinski definition) is 1. The van der Waals surface area contributed by atoms with E-state index in [0.717, 1.165) is 30.8 Å². The lowest BCUT2D eigenvalue weighted by Crippen LogP contribution is -2.21. The summed E-state index contributed by atoms with van der Waals surface area (Å²) in [6.07, 6.45) is 5.27. The number of ether oxygens (including phenoxy) is 1. The summed E-state index contributed by atoms with van der Waals surface area (Å²) in [5, 5.41) is 3.37. The first kappa shape index (κ1) is 19.0. The Balaban J connectivity index is 2.12. The predicted octanol–water partition coefficient (Wildman–Crippen LogP) is 3.94. The van der Waals surface area contributed by atoms with E-state index in [2.05, 4.69) is 22.2 Å². The first-order valence-electron chi connectivity index (χ1n) is 8.15. The third-order valence-corrected chi connectivity index (χ3v) is 4.25. The Bertz CT molecular complexity index is 735. The van der Waals surface area contributed by atoms with E-state index < -0.39 is 0 Å². The molecule has 2 aromatic rings. The smallest absolute Gasteiger partial charge is 0.275 e. The maximum absolute atomic E-state index is 12.4. The van der Waals surface area contributed by atoms with E-state index in [4.69, 9.17) is 16.3 Å². The molecular formula is C18H23ClN4O2. The van der Waals surface area contributed by atoms with Crippen molar-refractivity contribution in [3.63, 3.8) is 0 Å². The van der Waals surface area contributed by atoms with Crippen LogP contribution in [0.5, 0.6) is 5.75 Å². The number of methoxy groups -OCH3 is 1. The van der Waals surface area contributed by atoms with Crippen LogP contribution >= 0.6 is 11.6 Å². The molecule has 0 saturated heterocycles. The lowest BCUT2D eigenvalue weighted by atomic mass is 10.2. The fraction of sp³-hybridized carbons (Fsp3) is 0.389. The van der Waals surface area contributed by atoms with Crippen molar-refractivity contribution in [3.05, 3.63) is 40.8 Å². The maximum atomic E-state index is 12.4. The van der Waals surface area contributed by atoms with Crippen molar-refractivity contribution in [1.82, 2.24) is 9.97 Å². The molecule has 0 radical (unpaired) electrons. The topological polar surface area (TPSA) is 67.4 Å². The van der Waals surface area contributed by atoms with Crippen LogP contribution < -0.4 is 15.0 Å². The van der Waals surface area contributed by atoms with Crippen molar-refractivity contribution in [1.29, 1.82) is 0 Å². The number of anilines is 2. The van der Waals surface area contributed by atoms with Gasteiger partial charge in [-0.1, -0.05) is 24.9 Å². The molecule has 0 bridgehead atoms. The first-order valence-corrected chi connectivity index (χ1v) is 8.52. The molecule has 134 valence electrons. The second kappa shape index (κ2) is 8.67. The molecule has 1 aromatic carbocycles. The minimum absolute atomic E-state index is 0.238. The summed E-state index contributed by atoms with van der Waals surface area (Å²) in [6.45, 7) is 4.90. The van der Waals surface area contributed by atoms with E-state index in [1.54, 1.807) is 18.3 Å². The van der Waals surface area contributed by atoms with Gasteiger partial charge in [-0.15, -0.1) is 0 Å². The first-order chi connectivity index (χ1) is 12.0. The highest BCUT2D eigenvalue weighted by molar-refractivity contribution is 6.31. The zero-order valence-corrected chi connectivity index (χ0v) is 15.7. The molecule has 0 aliphatic heterocycles. The largest absolute Gasteiger partial charge is 0.495 e. The molecule has 0 fully saturated rings. The van der Waals surface area contributed by atoms with Gasteiger partial charge in [-0.25, -0.2) is 9.97 Å². The van der Waals surface area contributed by atoms with Gasteiger partial charge in [0.05, 0.1) is 25.2 Å². The Labute approximate surface area is 153 Å². The maximum Gasteiger partial charge on any atom is 0.275 e. The van der Waals surface area contributed by atoms with Gasteiger partial charge in [0, 0.05) is 24.7 Å². The Morgan fingerprint density at radius 3 is 2.68 bits per heavy atom. The summed E-state index contributed by atoms with van der Waals surface area (Å²) in [7, 11) is 3.48. The Morgan fingerprint density at radius 1 is 1.32 bits per heavy atom. The molecule has 0 atom stereocenters. The summed E-state index contributed by atoms with van der Waals surface area (Å²) in [5.41, 5.74) is 1.62. The van der Waals surface area contributed by atoms with Gasteiger partial charge in [0.1, 0.15) is 17.3 Å². The monoisotopic (exact) mass is 362 g/mol. The highest BCUT2D eigenvalue weighted by Gasteiger charge is 2.14. The minimum atomic E-state index is -0.352. The average Bonchev–Trinajstić information content (AvgIpc) is 2.62. The van der Waals surface area contributed by atoms with Crippen molar-refractivity contribution in [2.45, 2.75) is 26.7 Å². The Hall–Kier alpha value is -2.34. The van der Waals surface area contributed by atoms with Gasteiger partial charge in [0.15, 0.2) is 0 Å². The molecule has 6 nitrogen and oxygen atoms in total. The van der Waals surface area contributed by atoms with Gasteiger partial charge in [-0.2, -0.15) is 0 Å². The Morgan fingerprint density at radius 2 is 2.08 bits per heavy atom. The number of rotatable bonds is 7. The molecule has 1 heterocycles. The molecule has 0 saturated carbocycles. The molecule has 1 N–H and O–H groups in total. The normalized spacial score (nSPS) is 10.4. The third kappa shape index (κ3) is 4.82. The number of halogens is 1. The number of benzene rings is 1. The van der Waals surface area contributed by atoms with Crippen molar-refractivity contribution in [2.75, 3.05) is 30.9 Å².